The third kappa shape index (κ3) is 7.34. The largest absolute Gasteiger partial charge is 0.489 e. The summed E-state index contributed by atoms with van der Waals surface area (Å²) in [5, 5.41) is 9.82. The van der Waals surface area contributed by atoms with E-state index in [-0.39, 0.29) is 30.2 Å². The summed E-state index contributed by atoms with van der Waals surface area (Å²) in [6, 6.07) is 39.9. The molecule has 0 aliphatic rings. The van der Waals surface area contributed by atoms with Crippen LogP contribution in [-0.4, -0.2) is 18.3 Å². The van der Waals surface area contributed by atoms with Crippen LogP contribution in [0.2, 0.25) is 0 Å². The Balaban J connectivity index is 1.37. The van der Waals surface area contributed by atoms with Crippen molar-refractivity contribution in [3.63, 3.8) is 0 Å². The van der Waals surface area contributed by atoms with Crippen molar-refractivity contribution in [1.82, 2.24) is 0 Å². The molecule has 6 rings (SSSR count). The van der Waals surface area contributed by atoms with Crippen LogP contribution in [0.25, 0.3) is 22.3 Å². The Morgan fingerprint density at radius 2 is 1.16 bits per heavy atom. The third-order valence-corrected chi connectivity index (χ3v) is 7.09. The van der Waals surface area contributed by atoms with Crippen LogP contribution in [0, 0.1) is 0 Å². The van der Waals surface area contributed by atoms with Crippen LogP contribution >= 0.6 is 0 Å². The van der Waals surface area contributed by atoms with E-state index in [1.165, 1.54) is 0 Å². The van der Waals surface area contributed by atoms with Crippen molar-refractivity contribution in [3.8, 4) is 34.3 Å². The van der Waals surface area contributed by atoms with Gasteiger partial charge in [-0.3, -0.25) is 4.79 Å². The highest BCUT2D eigenvalue weighted by Crippen LogP contribution is 2.38. The van der Waals surface area contributed by atoms with Crippen molar-refractivity contribution in [2.75, 3.05) is 13.2 Å². The van der Waals surface area contributed by atoms with E-state index in [0.717, 1.165) is 16.7 Å². The molecule has 7 nitrogen and oxygen atoms in total. The molecule has 0 saturated carbocycles. The van der Waals surface area contributed by atoms with Gasteiger partial charge in [-0.1, -0.05) is 91.0 Å². The van der Waals surface area contributed by atoms with E-state index in [2.05, 4.69) is 0 Å². The molecule has 1 N–H and O–H groups in total. The minimum Gasteiger partial charge on any atom is -0.489 e. The SMILES string of the molecule is O=c1c(OCCO)c(-c2ccc(OCc3ccccc3)c(OCc3ccccc3)c2)oc2cc(OCc3ccccc3)ccc12. The number of benzene rings is 5. The lowest BCUT2D eigenvalue weighted by atomic mass is 10.1. The molecule has 0 radical (unpaired) electrons. The molecule has 7 heteroatoms. The Bertz CT molecular complexity index is 1900. The number of aliphatic hydroxyl groups excluding tert-OH is 1. The Kier molecular flexibility index (Phi) is 9.38. The normalized spacial score (nSPS) is 10.9. The molecule has 0 fully saturated rings. The quantitative estimate of drug-likeness (QED) is 0.146. The fraction of sp³-hybridized carbons (Fsp3) is 0.132. The monoisotopic (exact) mass is 600 g/mol. The molecular weight excluding hydrogens is 568 g/mol. The van der Waals surface area contributed by atoms with Gasteiger partial charge in [-0.15, -0.1) is 0 Å². The summed E-state index contributed by atoms with van der Waals surface area (Å²) >= 11 is 0. The van der Waals surface area contributed by atoms with Crippen LogP contribution in [0.4, 0.5) is 0 Å². The Morgan fingerprint density at radius 3 is 1.76 bits per heavy atom. The van der Waals surface area contributed by atoms with Crippen LogP contribution in [0.3, 0.4) is 0 Å². The van der Waals surface area contributed by atoms with Gasteiger partial charge in [-0.25, -0.2) is 0 Å². The summed E-state index contributed by atoms with van der Waals surface area (Å²) in [5.74, 6) is 1.78. The summed E-state index contributed by atoms with van der Waals surface area (Å²) in [4.78, 5) is 13.7. The maximum atomic E-state index is 13.7. The second-order valence-electron chi connectivity index (χ2n) is 10.3. The average molecular weight is 601 g/mol. The molecular formula is C38H32O7. The summed E-state index contributed by atoms with van der Waals surface area (Å²) < 4.78 is 30.5. The van der Waals surface area contributed by atoms with Crippen molar-refractivity contribution in [2.45, 2.75) is 19.8 Å². The molecule has 5 aromatic carbocycles. The fourth-order valence-corrected chi connectivity index (χ4v) is 4.81. The van der Waals surface area contributed by atoms with Gasteiger partial charge in [0.25, 0.3) is 0 Å². The smallest absolute Gasteiger partial charge is 0.235 e. The maximum absolute atomic E-state index is 13.7. The van der Waals surface area contributed by atoms with Crippen LogP contribution < -0.4 is 24.4 Å². The highest BCUT2D eigenvalue weighted by atomic mass is 16.5. The van der Waals surface area contributed by atoms with E-state index in [9.17, 15) is 9.90 Å². The van der Waals surface area contributed by atoms with Crippen LogP contribution in [0.1, 0.15) is 16.7 Å². The van der Waals surface area contributed by atoms with Crippen molar-refractivity contribution >= 4 is 11.0 Å². The first-order valence-electron chi connectivity index (χ1n) is 14.7. The topological polar surface area (TPSA) is 87.4 Å². The zero-order valence-corrected chi connectivity index (χ0v) is 24.6. The Morgan fingerprint density at radius 1 is 0.578 bits per heavy atom. The van der Waals surface area contributed by atoms with Crippen LogP contribution in [-0.2, 0) is 19.8 Å². The van der Waals surface area contributed by atoms with E-state index in [1.54, 1.807) is 36.4 Å². The molecule has 0 amide bonds. The van der Waals surface area contributed by atoms with E-state index >= 15 is 0 Å². The highest BCUT2D eigenvalue weighted by Gasteiger charge is 2.20. The van der Waals surface area contributed by atoms with Gasteiger partial charge in [0.1, 0.15) is 37.8 Å². The van der Waals surface area contributed by atoms with Crippen molar-refractivity contribution in [2.24, 2.45) is 0 Å². The number of ether oxygens (including phenoxy) is 4. The average Bonchev–Trinajstić information content (AvgIpc) is 3.10. The molecule has 0 aliphatic carbocycles. The molecule has 0 aliphatic heterocycles. The zero-order chi connectivity index (χ0) is 30.8. The minimum absolute atomic E-state index is 0.00136. The van der Waals surface area contributed by atoms with Gasteiger partial charge in [-0.2, -0.15) is 0 Å². The van der Waals surface area contributed by atoms with Crippen molar-refractivity contribution in [3.05, 3.63) is 154 Å². The summed E-state index contributed by atoms with van der Waals surface area (Å²) in [6.07, 6.45) is 0. The second-order valence-corrected chi connectivity index (χ2v) is 10.3. The fourth-order valence-electron chi connectivity index (χ4n) is 4.81. The molecule has 0 atom stereocenters. The minimum atomic E-state index is -0.356. The first-order valence-corrected chi connectivity index (χ1v) is 14.7. The van der Waals surface area contributed by atoms with Gasteiger partial charge in [0, 0.05) is 11.6 Å². The molecule has 45 heavy (non-hydrogen) atoms. The van der Waals surface area contributed by atoms with E-state index < -0.39 is 0 Å². The molecule has 0 unspecified atom stereocenters. The number of hydrogen-bond donors (Lipinski definition) is 1. The predicted molar refractivity (Wildman–Crippen MR) is 173 cm³/mol. The lowest BCUT2D eigenvalue weighted by molar-refractivity contribution is 0.199. The summed E-state index contributed by atoms with van der Waals surface area (Å²) in [7, 11) is 0. The zero-order valence-electron chi connectivity index (χ0n) is 24.6. The van der Waals surface area contributed by atoms with E-state index in [0.29, 0.717) is 53.6 Å². The molecule has 226 valence electrons. The predicted octanol–water partition coefficient (Wildman–Crippen LogP) is 7.57. The molecule has 0 saturated heterocycles. The standard InChI is InChI=1S/C38H32O7/c39-20-21-41-38-36(40)32-18-17-31(42-24-27-10-4-1-5-11-27)23-34(32)45-37(38)30-16-19-33(43-25-28-12-6-2-7-13-28)35(22-30)44-26-29-14-8-3-9-15-29/h1-19,22-23,39H,20-21,24-26H2. The molecule has 1 aromatic heterocycles. The van der Waals surface area contributed by atoms with E-state index in [1.807, 2.05) is 91.0 Å². The van der Waals surface area contributed by atoms with Gasteiger partial charge in [0.2, 0.25) is 11.2 Å². The molecule has 0 bridgehead atoms. The van der Waals surface area contributed by atoms with Gasteiger partial charge in [-0.05, 0) is 47.0 Å². The first kappa shape index (κ1) is 29.5. The molecule has 1 heterocycles. The number of hydrogen-bond acceptors (Lipinski definition) is 7. The lowest BCUT2D eigenvalue weighted by Crippen LogP contribution is -2.13. The van der Waals surface area contributed by atoms with E-state index in [4.69, 9.17) is 23.4 Å². The summed E-state index contributed by atoms with van der Waals surface area (Å²) in [5.41, 5.74) is 3.56. The van der Waals surface area contributed by atoms with Crippen molar-refractivity contribution < 1.29 is 28.5 Å². The molecule has 6 aromatic rings. The number of aliphatic hydroxyl groups is 1. The number of rotatable bonds is 13. The van der Waals surface area contributed by atoms with Gasteiger partial charge in [0.05, 0.1) is 12.0 Å². The van der Waals surface area contributed by atoms with Gasteiger partial charge < -0.3 is 28.5 Å². The summed E-state index contributed by atoms with van der Waals surface area (Å²) in [6.45, 7) is 0.693. The number of fused-ring (bicyclic) bond motifs is 1. The Hall–Kier alpha value is -5.53. The van der Waals surface area contributed by atoms with Crippen LogP contribution in [0.15, 0.2) is 137 Å². The maximum Gasteiger partial charge on any atom is 0.235 e. The van der Waals surface area contributed by atoms with Gasteiger partial charge in [0.15, 0.2) is 17.3 Å². The second kappa shape index (κ2) is 14.3. The third-order valence-electron chi connectivity index (χ3n) is 7.09. The molecule has 0 spiro atoms. The van der Waals surface area contributed by atoms with Gasteiger partial charge >= 0.3 is 0 Å². The highest BCUT2D eigenvalue weighted by molar-refractivity contribution is 5.83. The van der Waals surface area contributed by atoms with Crippen molar-refractivity contribution in [1.29, 1.82) is 0 Å². The first-order chi connectivity index (χ1) is 22.2. The lowest BCUT2D eigenvalue weighted by Gasteiger charge is -2.16. The van der Waals surface area contributed by atoms with Crippen LogP contribution in [0.5, 0.6) is 23.0 Å². The Labute approximate surface area is 260 Å².